The zero-order valence-corrected chi connectivity index (χ0v) is 13.7. The first kappa shape index (κ1) is 15.5. The molecule has 0 bridgehead atoms. The molecule has 1 unspecified atom stereocenters. The molecule has 17 heavy (non-hydrogen) atoms. The largest absolute Gasteiger partial charge is 0.492 e. The predicted octanol–water partition coefficient (Wildman–Crippen LogP) is 5.34. The third kappa shape index (κ3) is 4.55. The second kappa shape index (κ2) is 7.13. The Balaban J connectivity index is 2.72. The van der Waals surface area contributed by atoms with E-state index in [1.54, 1.807) is 12.1 Å². The van der Waals surface area contributed by atoms with Crippen LogP contribution >= 0.6 is 51.8 Å². The molecule has 96 valence electrons. The van der Waals surface area contributed by atoms with E-state index in [0.717, 1.165) is 10.2 Å². The quantitative estimate of drug-likeness (QED) is 0.553. The molecule has 0 heterocycles. The van der Waals surface area contributed by atoms with Gasteiger partial charge >= 0.3 is 0 Å². The van der Waals surface area contributed by atoms with Crippen LogP contribution in [0.2, 0.25) is 10.0 Å². The third-order valence-electron chi connectivity index (χ3n) is 2.61. The summed E-state index contributed by atoms with van der Waals surface area (Å²) in [6.45, 7) is 4.90. The van der Waals surface area contributed by atoms with Crippen LogP contribution in [0.3, 0.4) is 0 Å². The fraction of sp³-hybridized carbons (Fsp3) is 0.500. The minimum Gasteiger partial charge on any atom is -0.492 e. The van der Waals surface area contributed by atoms with Gasteiger partial charge in [0.25, 0.3) is 0 Å². The van der Waals surface area contributed by atoms with Crippen LogP contribution in [0.4, 0.5) is 0 Å². The predicted molar refractivity (Wildman–Crippen MR) is 81.8 cm³/mol. The highest BCUT2D eigenvalue weighted by Crippen LogP contribution is 2.34. The van der Waals surface area contributed by atoms with Crippen LogP contribution in [0.5, 0.6) is 5.75 Å². The number of benzene rings is 1. The van der Waals surface area contributed by atoms with Crippen molar-refractivity contribution in [2.24, 2.45) is 11.8 Å². The summed E-state index contributed by atoms with van der Waals surface area (Å²) in [5.74, 6) is 2.33. The summed E-state index contributed by atoms with van der Waals surface area (Å²) in [5, 5.41) is 1.15. The van der Waals surface area contributed by atoms with Crippen molar-refractivity contribution in [2.75, 3.05) is 12.4 Å². The molecule has 0 aliphatic carbocycles. The van der Waals surface area contributed by atoms with Crippen molar-refractivity contribution in [2.45, 2.75) is 13.8 Å². The first-order chi connectivity index (χ1) is 7.95. The molecule has 0 aliphatic rings. The lowest BCUT2D eigenvalue weighted by molar-refractivity contribution is 0.227. The van der Waals surface area contributed by atoms with Crippen molar-refractivity contribution in [3.8, 4) is 5.75 Å². The lowest BCUT2D eigenvalue weighted by Gasteiger charge is -2.19. The monoisotopic (exact) mass is 356 g/mol. The van der Waals surface area contributed by atoms with Crippen LogP contribution in [0.1, 0.15) is 13.8 Å². The van der Waals surface area contributed by atoms with E-state index in [9.17, 15) is 0 Å². The van der Waals surface area contributed by atoms with Gasteiger partial charge in [0.15, 0.2) is 0 Å². The molecule has 0 fully saturated rings. The molecule has 0 N–H and O–H groups in total. The zero-order chi connectivity index (χ0) is 13.0. The second-order valence-electron chi connectivity index (χ2n) is 4.19. The first-order valence-corrected chi connectivity index (χ1v) is 7.52. The smallest absolute Gasteiger partial charge is 0.139 e. The molecule has 0 radical (unpaired) electrons. The topological polar surface area (TPSA) is 9.23 Å². The summed E-state index contributed by atoms with van der Waals surface area (Å²) >= 11 is 19.7. The van der Waals surface area contributed by atoms with Gasteiger partial charge in [0.05, 0.1) is 16.7 Å². The zero-order valence-electron chi connectivity index (χ0n) is 9.71. The maximum atomic E-state index is 6.07. The molecule has 0 aliphatic heterocycles. The van der Waals surface area contributed by atoms with E-state index < -0.39 is 0 Å². The highest BCUT2D eigenvalue weighted by Gasteiger charge is 2.14. The van der Waals surface area contributed by atoms with Gasteiger partial charge in [-0.1, -0.05) is 37.0 Å². The Morgan fingerprint density at radius 1 is 1.29 bits per heavy atom. The van der Waals surface area contributed by atoms with E-state index in [0.29, 0.717) is 34.2 Å². The Labute approximate surface area is 126 Å². The van der Waals surface area contributed by atoms with Crippen LogP contribution in [0.15, 0.2) is 16.6 Å². The Hall–Kier alpha value is 0.430. The van der Waals surface area contributed by atoms with Crippen LogP contribution in [-0.2, 0) is 0 Å². The summed E-state index contributed by atoms with van der Waals surface area (Å²) in [6, 6.07) is 3.47. The Bertz CT molecular complexity index is 385. The number of halogens is 3. The van der Waals surface area contributed by atoms with Crippen molar-refractivity contribution in [3.05, 3.63) is 26.7 Å². The van der Waals surface area contributed by atoms with Gasteiger partial charge in [-0.15, -0.1) is 0 Å². The van der Waals surface area contributed by atoms with E-state index in [1.807, 2.05) is 0 Å². The molecule has 1 aromatic rings. The highest BCUT2D eigenvalue weighted by molar-refractivity contribution is 9.10. The molecule has 0 saturated carbocycles. The number of rotatable bonds is 5. The lowest BCUT2D eigenvalue weighted by atomic mass is 9.99. The van der Waals surface area contributed by atoms with Crippen molar-refractivity contribution < 1.29 is 4.74 Å². The molecule has 1 nitrogen and oxygen atoms in total. The molecular weight excluding hydrogens is 343 g/mol. The third-order valence-corrected chi connectivity index (χ3v) is 4.57. The van der Waals surface area contributed by atoms with Gasteiger partial charge in [-0.05, 0) is 33.7 Å². The van der Waals surface area contributed by atoms with Crippen LogP contribution in [-0.4, -0.2) is 12.4 Å². The van der Waals surface area contributed by atoms with E-state index in [2.05, 4.69) is 42.4 Å². The van der Waals surface area contributed by atoms with Gasteiger partial charge in [-0.2, -0.15) is 12.6 Å². The van der Waals surface area contributed by atoms with Crippen LogP contribution in [0, 0.1) is 11.8 Å². The molecule has 0 saturated heterocycles. The van der Waals surface area contributed by atoms with Gasteiger partial charge in [0, 0.05) is 16.5 Å². The van der Waals surface area contributed by atoms with Crippen molar-refractivity contribution in [3.63, 3.8) is 0 Å². The van der Waals surface area contributed by atoms with Gasteiger partial charge in [0.2, 0.25) is 0 Å². The van der Waals surface area contributed by atoms with Gasteiger partial charge < -0.3 is 4.74 Å². The summed E-state index contributed by atoms with van der Waals surface area (Å²) in [7, 11) is 0. The molecule has 0 aromatic heterocycles. The van der Waals surface area contributed by atoms with E-state index in [4.69, 9.17) is 27.9 Å². The normalized spacial score (nSPS) is 12.9. The molecule has 1 atom stereocenters. The SMILES string of the molecule is CC(C)C(CS)COc1cc(Cl)c(Br)cc1Cl. The Morgan fingerprint density at radius 2 is 1.94 bits per heavy atom. The lowest BCUT2D eigenvalue weighted by Crippen LogP contribution is -2.19. The van der Waals surface area contributed by atoms with Crippen LogP contribution in [0.25, 0.3) is 0 Å². The molecule has 5 heteroatoms. The summed E-state index contributed by atoms with van der Waals surface area (Å²) in [5.41, 5.74) is 0. The van der Waals surface area contributed by atoms with E-state index >= 15 is 0 Å². The second-order valence-corrected chi connectivity index (χ2v) is 6.23. The standard InChI is InChI=1S/C12H15BrCl2OS/c1-7(2)8(6-17)5-16-12-4-10(14)9(13)3-11(12)15/h3-4,7-8,17H,5-6H2,1-2H3. The molecule has 0 spiro atoms. The molecular formula is C12H15BrCl2OS. The number of hydrogen-bond donors (Lipinski definition) is 1. The summed E-state index contributed by atoms with van der Waals surface area (Å²) in [4.78, 5) is 0. The molecule has 1 rings (SSSR count). The van der Waals surface area contributed by atoms with Gasteiger partial charge in [-0.3, -0.25) is 0 Å². The van der Waals surface area contributed by atoms with E-state index in [-0.39, 0.29) is 0 Å². The average Bonchev–Trinajstić information content (AvgIpc) is 2.25. The van der Waals surface area contributed by atoms with E-state index in [1.165, 1.54) is 0 Å². The van der Waals surface area contributed by atoms with Crippen molar-refractivity contribution in [1.29, 1.82) is 0 Å². The average molecular weight is 358 g/mol. The Kier molecular flexibility index (Phi) is 6.49. The van der Waals surface area contributed by atoms with Crippen molar-refractivity contribution in [1.82, 2.24) is 0 Å². The minimum atomic E-state index is 0.400. The van der Waals surface area contributed by atoms with Crippen LogP contribution < -0.4 is 4.74 Å². The first-order valence-electron chi connectivity index (χ1n) is 5.34. The fourth-order valence-corrected chi connectivity index (χ4v) is 2.64. The van der Waals surface area contributed by atoms with Gasteiger partial charge in [-0.25, -0.2) is 0 Å². The highest BCUT2D eigenvalue weighted by atomic mass is 79.9. The Morgan fingerprint density at radius 3 is 2.47 bits per heavy atom. The molecule has 1 aromatic carbocycles. The number of ether oxygens (including phenoxy) is 1. The number of hydrogen-bond acceptors (Lipinski definition) is 2. The van der Waals surface area contributed by atoms with Gasteiger partial charge in [0.1, 0.15) is 5.75 Å². The molecule has 0 amide bonds. The fourth-order valence-electron chi connectivity index (χ4n) is 1.27. The maximum Gasteiger partial charge on any atom is 0.139 e. The van der Waals surface area contributed by atoms with Crippen molar-refractivity contribution >= 4 is 51.8 Å². The maximum absolute atomic E-state index is 6.07. The number of thiol groups is 1. The minimum absolute atomic E-state index is 0.400. The summed E-state index contributed by atoms with van der Waals surface area (Å²) < 4.78 is 6.47. The summed E-state index contributed by atoms with van der Waals surface area (Å²) in [6.07, 6.45) is 0.